The molecular weight excluding hydrogens is 314 g/mol. The molecule has 1 nitrogen and oxygen atoms in total. The quantitative estimate of drug-likeness (QED) is 0.567. The summed E-state index contributed by atoms with van der Waals surface area (Å²) >= 11 is 0. The van der Waals surface area contributed by atoms with Crippen LogP contribution >= 0.6 is 0 Å². The van der Waals surface area contributed by atoms with Gasteiger partial charge in [0.05, 0.1) is 6.04 Å². The molecule has 1 aliphatic heterocycles. The van der Waals surface area contributed by atoms with Gasteiger partial charge >= 0.3 is 0 Å². The zero-order valence-electron chi connectivity index (χ0n) is 16.2. The lowest BCUT2D eigenvalue weighted by Crippen LogP contribution is -2.42. The van der Waals surface area contributed by atoms with Gasteiger partial charge in [0.25, 0.3) is 0 Å². The third kappa shape index (κ3) is 2.59. The van der Waals surface area contributed by atoms with Crippen LogP contribution in [-0.4, -0.2) is 18.0 Å². The smallest absolute Gasteiger partial charge is 0.0567 e. The van der Waals surface area contributed by atoms with Crippen molar-refractivity contribution in [3.8, 4) is 0 Å². The summed E-state index contributed by atoms with van der Waals surface area (Å²) in [6.45, 7) is 2.42. The minimum Gasteiger partial charge on any atom is -0.373 e. The molecule has 0 aromatic carbocycles. The van der Waals surface area contributed by atoms with E-state index in [4.69, 9.17) is 0 Å². The molecule has 0 bridgehead atoms. The van der Waals surface area contributed by atoms with E-state index in [1.807, 2.05) is 0 Å². The number of allylic oxidation sites excluding steroid dienone is 9. The lowest BCUT2D eigenvalue weighted by atomic mass is 9.67. The fourth-order valence-electron chi connectivity index (χ4n) is 6.06. The molecule has 0 aromatic rings. The van der Waals surface area contributed by atoms with Gasteiger partial charge in [0.2, 0.25) is 0 Å². The lowest BCUT2D eigenvalue weighted by molar-refractivity contribution is 0.222. The molecule has 1 heteroatoms. The maximum Gasteiger partial charge on any atom is 0.0567 e. The fraction of sp³-hybridized carbons (Fsp3) is 0.520. The lowest BCUT2D eigenvalue weighted by Gasteiger charge is -2.45. The van der Waals surface area contributed by atoms with Gasteiger partial charge in [0, 0.05) is 7.05 Å². The van der Waals surface area contributed by atoms with Gasteiger partial charge in [-0.3, -0.25) is 0 Å². The van der Waals surface area contributed by atoms with Gasteiger partial charge in [0.1, 0.15) is 0 Å². The number of hydrogen-bond donors (Lipinski definition) is 0. The van der Waals surface area contributed by atoms with Crippen LogP contribution < -0.4 is 0 Å². The number of fused-ring (bicyclic) bond motifs is 3. The molecule has 26 heavy (non-hydrogen) atoms. The standard InChI is InChI=1S/C25H31N/c1-17-6-5-9-22-21(17)12-13-24-23(22)14-15-26(2)25(24)20-11-10-18-7-3-4-8-19(18)16-20/h3,5,7,9-10,13-15,17,19-21,25H,4,6,8,11-12,16H2,1-2H3. The van der Waals surface area contributed by atoms with Crippen LogP contribution in [0.25, 0.3) is 0 Å². The monoisotopic (exact) mass is 345 g/mol. The minimum atomic E-state index is 0.554. The van der Waals surface area contributed by atoms with E-state index < -0.39 is 0 Å². The molecule has 0 saturated heterocycles. The van der Waals surface area contributed by atoms with Crippen molar-refractivity contribution in [1.82, 2.24) is 4.90 Å². The Balaban J connectivity index is 1.49. The molecule has 5 aliphatic rings. The summed E-state index contributed by atoms with van der Waals surface area (Å²) in [4.78, 5) is 2.49. The van der Waals surface area contributed by atoms with Crippen molar-refractivity contribution in [2.75, 3.05) is 7.05 Å². The van der Waals surface area contributed by atoms with Crippen LogP contribution in [0, 0.1) is 23.7 Å². The fourth-order valence-corrected chi connectivity index (χ4v) is 6.06. The zero-order valence-corrected chi connectivity index (χ0v) is 16.2. The first kappa shape index (κ1) is 16.4. The van der Waals surface area contributed by atoms with E-state index in [2.05, 4.69) is 67.6 Å². The van der Waals surface area contributed by atoms with Gasteiger partial charge in [-0.25, -0.2) is 0 Å². The summed E-state index contributed by atoms with van der Waals surface area (Å²) in [6.07, 6.45) is 27.1. The molecule has 0 N–H and O–H groups in total. The predicted octanol–water partition coefficient (Wildman–Crippen LogP) is 5.96. The van der Waals surface area contributed by atoms with Crippen LogP contribution in [0.2, 0.25) is 0 Å². The van der Waals surface area contributed by atoms with Crippen LogP contribution in [0.3, 0.4) is 0 Å². The maximum atomic E-state index is 2.60. The number of nitrogens with zero attached hydrogens (tertiary/aromatic N) is 1. The highest BCUT2D eigenvalue weighted by molar-refractivity contribution is 5.55. The van der Waals surface area contributed by atoms with Crippen molar-refractivity contribution >= 4 is 0 Å². The molecule has 0 aromatic heterocycles. The minimum absolute atomic E-state index is 0.554. The molecule has 0 saturated carbocycles. The Labute approximate surface area is 158 Å². The van der Waals surface area contributed by atoms with Crippen LogP contribution in [0.4, 0.5) is 0 Å². The topological polar surface area (TPSA) is 3.24 Å². The molecule has 5 rings (SSSR count). The molecule has 0 amide bonds. The Morgan fingerprint density at radius 3 is 2.85 bits per heavy atom. The molecule has 5 unspecified atom stereocenters. The van der Waals surface area contributed by atoms with Crippen LogP contribution in [0.15, 0.2) is 71.0 Å². The number of rotatable bonds is 1. The second-order valence-electron chi connectivity index (χ2n) is 9.02. The zero-order chi connectivity index (χ0) is 17.7. The molecule has 5 atom stereocenters. The highest BCUT2D eigenvalue weighted by Gasteiger charge is 2.38. The van der Waals surface area contributed by atoms with E-state index in [0.717, 1.165) is 23.7 Å². The average molecular weight is 346 g/mol. The maximum absolute atomic E-state index is 2.60. The van der Waals surface area contributed by atoms with Crippen molar-refractivity contribution in [1.29, 1.82) is 0 Å². The SMILES string of the molecule is CC1CC=CC2=C3C=CN(C)C(C4CC=C5C=CCCC5C4)C3=CCC21. The number of likely N-dealkylation sites (N-methyl/N-ethyl adjacent to an activating group) is 1. The number of hydrogen-bond acceptors (Lipinski definition) is 1. The Morgan fingerprint density at radius 1 is 1.00 bits per heavy atom. The Morgan fingerprint density at radius 2 is 1.92 bits per heavy atom. The Bertz CT molecular complexity index is 772. The summed E-state index contributed by atoms with van der Waals surface area (Å²) in [7, 11) is 2.29. The van der Waals surface area contributed by atoms with Crippen LogP contribution in [0.1, 0.15) is 45.4 Å². The highest BCUT2D eigenvalue weighted by atomic mass is 15.1. The van der Waals surface area contributed by atoms with Gasteiger partial charge in [-0.15, -0.1) is 0 Å². The molecule has 4 aliphatic carbocycles. The van der Waals surface area contributed by atoms with Crippen LogP contribution in [-0.2, 0) is 0 Å². The first-order valence-electron chi connectivity index (χ1n) is 10.6. The summed E-state index contributed by atoms with van der Waals surface area (Å²) in [5.74, 6) is 3.05. The van der Waals surface area contributed by atoms with E-state index in [1.54, 1.807) is 22.3 Å². The summed E-state index contributed by atoms with van der Waals surface area (Å²) in [6, 6.07) is 0.554. The van der Waals surface area contributed by atoms with Gasteiger partial charge in [-0.2, -0.15) is 0 Å². The van der Waals surface area contributed by atoms with Gasteiger partial charge in [-0.1, -0.05) is 43.4 Å². The third-order valence-electron chi connectivity index (χ3n) is 7.49. The van der Waals surface area contributed by atoms with E-state index in [1.165, 1.54) is 38.5 Å². The Hall–Kier alpha value is -1.76. The van der Waals surface area contributed by atoms with Gasteiger partial charge in [0.15, 0.2) is 0 Å². The Kier molecular flexibility index (Phi) is 4.07. The van der Waals surface area contributed by atoms with Crippen molar-refractivity contribution in [3.63, 3.8) is 0 Å². The molecule has 1 heterocycles. The van der Waals surface area contributed by atoms with E-state index in [9.17, 15) is 0 Å². The van der Waals surface area contributed by atoms with Crippen molar-refractivity contribution in [3.05, 3.63) is 71.0 Å². The van der Waals surface area contributed by atoms with Crippen molar-refractivity contribution < 1.29 is 0 Å². The first-order valence-corrected chi connectivity index (χ1v) is 10.6. The van der Waals surface area contributed by atoms with Gasteiger partial charge < -0.3 is 4.90 Å². The van der Waals surface area contributed by atoms with Crippen molar-refractivity contribution in [2.45, 2.75) is 51.5 Å². The molecule has 136 valence electrons. The van der Waals surface area contributed by atoms with E-state index in [-0.39, 0.29) is 0 Å². The summed E-state index contributed by atoms with van der Waals surface area (Å²) < 4.78 is 0. The third-order valence-corrected chi connectivity index (χ3v) is 7.49. The predicted molar refractivity (Wildman–Crippen MR) is 109 cm³/mol. The second kappa shape index (κ2) is 6.44. The van der Waals surface area contributed by atoms with Crippen LogP contribution in [0.5, 0.6) is 0 Å². The van der Waals surface area contributed by atoms with E-state index >= 15 is 0 Å². The normalized spacial score (nSPS) is 38.4. The largest absolute Gasteiger partial charge is 0.373 e. The summed E-state index contributed by atoms with van der Waals surface area (Å²) in [5, 5.41) is 0. The average Bonchev–Trinajstić information content (AvgIpc) is 2.67. The summed E-state index contributed by atoms with van der Waals surface area (Å²) in [5.41, 5.74) is 6.39. The molecule has 0 spiro atoms. The molecule has 0 radical (unpaired) electrons. The molecule has 0 fully saturated rings. The van der Waals surface area contributed by atoms with Gasteiger partial charge in [-0.05, 0) is 96.8 Å². The molecular formula is C25H31N. The van der Waals surface area contributed by atoms with E-state index in [0.29, 0.717) is 6.04 Å². The highest BCUT2D eigenvalue weighted by Crippen LogP contribution is 2.47. The second-order valence-corrected chi connectivity index (χ2v) is 9.02. The first-order chi connectivity index (χ1) is 12.7. The van der Waals surface area contributed by atoms with Crippen molar-refractivity contribution in [2.24, 2.45) is 23.7 Å².